The number of anilines is 1. The zero-order valence-electron chi connectivity index (χ0n) is 15.5. The van der Waals surface area contributed by atoms with Crippen LogP contribution in [0.4, 0.5) is 5.69 Å². The molecule has 1 fully saturated rings. The molecule has 0 aliphatic carbocycles. The standard InChI is InChI=1S/C21H26N2O3/c1-3-17-5-4-6-20(15-17)26-16-21(24)23-13-11-22(12-14-23)18-7-9-19(25-2)10-8-18/h4-10,15H,3,11-14,16H2,1-2H3. The molecular formula is C21H26N2O3. The van der Waals surface area contributed by atoms with Gasteiger partial charge in [0.15, 0.2) is 6.61 Å². The van der Waals surface area contributed by atoms with Gasteiger partial charge in [0, 0.05) is 31.9 Å². The molecular weight excluding hydrogens is 328 g/mol. The first-order valence-electron chi connectivity index (χ1n) is 9.08. The largest absolute Gasteiger partial charge is 0.497 e. The Balaban J connectivity index is 1.48. The minimum atomic E-state index is 0.0429. The number of ether oxygens (including phenoxy) is 2. The number of amides is 1. The molecule has 1 aliphatic rings. The van der Waals surface area contributed by atoms with E-state index in [1.165, 1.54) is 5.56 Å². The van der Waals surface area contributed by atoms with Crippen LogP contribution in [0.25, 0.3) is 0 Å². The molecule has 0 atom stereocenters. The van der Waals surface area contributed by atoms with Crippen molar-refractivity contribution in [2.24, 2.45) is 0 Å². The molecule has 0 N–H and O–H groups in total. The van der Waals surface area contributed by atoms with Gasteiger partial charge >= 0.3 is 0 Å². The van der Waals surface area contributed by atoms with Crippen molar-refractivity contribution >= 4 is 11.6 Å². The highest BCUT2D eigenvalue weighted by atomic mass is 16.5. The predicted octanol–water partition coefficient (Wildman–Crippen LogP) is 2.99. The molecule has 0 aromatic heterocycles. The number of hydrogen-bond donors (Lipinski definition) is 0. The number of aryl methyl sites for hydroxylation is 1. The molecule has 1 heterocycles. The number of benzene rings is 2. The lowest BCUT2D eigenvalue weighted by molar-refractivity contribution is -0.133. The highest BCUT2D eigenvalue weighted by Crippen LogP contribution is 2.20. The number of carbonyl (C=O) groups excluding carboxylic acids is 1. The second-order valence-electron chi connectivity index (χ2n) is 6.36. The van der Waals surface area contributed by atoms with Crippen LogP contribution < -0.4 is 14.4 Å². The quantitative estimate of drug-likeness (QED) is 0.800. The molecule has 2 aromatic carbocycles. The summed E-state index contributed by atoms with van der Waals surface area (Å²) in [5, 5.41) is 0. The number of rotatable bonds is 6. The Labute approximate surface area is 155 Å². The summed E-state index contributed by atoms with van der Waals surface area (Å²) in [7, 11) is 1.67. The fourth-order valence-electron chi connectivity index (χ4n) is 3.10. The fraction of sp³-hybridized carbons (Fsp3) is 0.381. The van der Waals surface area contributed by atoms with Crippen molar-refractivity contribution in [1.29, 1.82) is 0 Å². The van der Waals surface area contributed by atoms with E-state index in [4.69, 9.17) is 9.47 Å². The second-order valence-corrected chi connectivity index (χ2v) is 6.36. The van der Waals surface area contributed by atoms with Gasteiger partial charge in [-0.25, -0.2) is 0 Å². The predicted molar refractivity (Wildman–Crippen MR) is 103 cm³/mol. The number of methoxy groups -OCH3 is 1. The zero-order chi connectivity index (χ0) is 18.4. The van der Waals surface area contributed by atoms with Crippen LogP contribution in [0.1, 0.15) is 12.5 Å². The van der Waals surface area contributed by atoms with Crippen LogP contribution in [-0.2, 0) is 11.2 Å². The summed E-state index contributed by atoms with van der Waals surface area (Å²) in [6.45, 7) is 5.27. The maximum atomic E-state index is 12.4. The van der Waals surface area contributed by atoms with Crippen molar-refractivity contribution in [2.45, 2.75) is 13.3 Å². The summed E-state index contributed by atoms with van der Waals surface area (Å²) in [6, 6.07) is 16.0. The Hall–Kier alpha value is -2.69. The number of hydrogen-bond acceptors (Lipinski definition) is 4. The summed E-state index contributed by atoms with van der Waals surface area (Å²) in [5.74, 6) is 1.66. The maximum Gasteiger partial charge on any atom is 0.260 e. The summed E-state index contributed by atoms with van der Waals surface area (Å²) in [6.07, 6.45) is 0.957. The van der Waals surface area contributed by atoms with E-state index in [0.717, 1.165) is 36.7 Å². The molecule has 0 radical (unpaired) electrons. The van der Waals surface area contributed by atoms with Crippen LogP contribution >= 0.6 is 0 Å². The molecule has 0 spiro atoms. The number of nitrogens with zero attached hydrogens (tertiary/aromatic N) is 2. The van der Waals surface area contributed by atoms with Gasteiger partial charge in [0.05, 0.1) is 7.11 Å². The average molecular weight is 354 g/mol. The zero-order valence-corrected chi connectivity index (χ0v) is 15.5. The lowest BCUT2D eigenvalue weighted by Crippen LogP contribution is -2.50. The van der Waals surface area contributed by atoms with Crippen LogP contribution in [0.3, 0.4) is 0 Å². The Morgan fingerprint density at radius 2 is 1.73 bits per heavy atom. The van der Waals surface area contributed by atoms with Gasteiger partial charge in [0.1, 0.15) is 11.5 Å². The normalized spacial score (nSPS) is 14.2. The van der Waals surface area contributed by atoms with Crippen molar-refractivity contribution in [1.82, 2.24) is 4.90 Å². The van der Waals surface area contributed by atoms with E-state index in [1.54, 1.807) is 7.11 Å². The molecule has 1 saturated heterocycles. The SMILES string of the molecule is CCc1cccc(OCC(=O)N2CCN(c3ccc(OC)cc3)CC2)c1. The molecule has 0 bridgehead atoms. The lowest BCUT2D eigenvalue weighted by atomic mass is 10.2. The summed E-state index contributed by atoms with van der Waals surface area (Å²) in [4.78, 5) is 16.6. The topological polar surface area (TPSA) is 42.0 Å². The molecule has 138 valence electrons. The van der Waals surface area contributed by atoms with Crippen molar-refractivity contribution in [2.75, 3.05) is 44.8 Å². The Morgan fingerprint density at radius 1 is 1.00 bits per heavy atom. The summed E-state index contributed by atoms with van der Waals surface area (Å²) >= 11 is 0. The maximum absolute atomic E-state index is 12.4. The molecule has 0 saturated carbocycles. The fourth-order valence-corrected chi connectivity index (χ4v) is 3.10. The van der Waals surface area contributed by atoms with E-state index in [2.05, 4.69) is 30.0 Å². The molecule has 2 aromatic rings. The van der Waals surface area contributed by atoms with Gasteiger partial charge in [-0.05, 0) is 48.4 Å². The third kappa shape index (κ3) is 4.48. The number of piperazine rings is 1. The smallest absolute Gasteiger partial charge is 0.260 e. The first-order valence-corrected chi connectivity index (χ1v) is 9.08. The van der Waals surface area contributed by atoms with Crippen LogP contribution in [0.2, 0.25) is 0 Å². The van der Waals surface area contributed by atoms with Crippen LogP contribution in [0.5, 0.6) is 11.5 Å². The van der Waals surface area contributed by atoms with Crippen molar-refractivity contribution in [3.8, 4) is 11.5 Å². The minimum Gasteiger partial charge on any atom is -0.497 e. The molecule has 1 aliphatic heterocycles. The Bertz CT molecular complexity index is 722. The van der Waals surface area contributed by atoms with Crippen molar-refractivity contribution in [3.05, 3.63) is 54.1 Å². The average Bonchev–Trinajstić information content (AvgIpc) is 2.72. The third-order valence-electron chi connectivity index (χ3n) is 4.74. The van der Waals surface area contributed by atoms with Gasteiger partial charge in [-0.15, -0.1) is 0 Å². The Morgan fingerprint density at radius 3 is 2.38 bits per heavy atom. The highest BCUT2D eigenvalue weighted by molar-refractivity contribution is 5.78. The lowest BCUT2D eigenvalue weighted by Gasteiger charge is -2.36. The van der Waals surface area contributed by atoms with Gasteiger partial charge in [0.25, 0.3) is 5.91 Å². The van der Waals surface area contributed by atoms with Gasteiger partial charge in [-0.2, -0.15) is 0 Å². The van der Waals surface area contributed by atoms with Crippen molar-refractivity contribution < 1.29 is 14.3 Å². The number of carbonyl (C=O) groups is 1. The van der Waals surface area contributed by atoms with E-state index in [-0.39, 0.29) is 12.5 Å². The molecule has 0 unspecified atom stereocenters. The summed E-state index contributed by atoms with van der Waals surface area (Å²) in [5.41, 5.74) is 2.37. The van der Waals surface area contributed by atoms with E-state index >= 15 is 0 Å². The third-order valence-corrected chi connectivity index (χ3v) is 4.74. The molecule has 5 nitrogen and oxygen atoms in total. The van der Waals surface area contributed by atoms with E-state index in [0.29, 0.717) is 13.1 Å². The molecule has 1 amide bonds. The first-order chi connectivity index (χ1) is 12.7. The molecule has 5 heteroatoms. The first kappa shape index (κ1) is 18.1. The van der Waals surface area contributed by atoms with E-state index in [9.17, 15) is 4.79 Å². The minimum absolute atomic E-state index is 0.0429. The van der Waals surface area contributed by atoms with Gasteiger partial charge in [-0.3, -0.25) is 4.79 Å². The van der Waals surface area contributed by atoms with Gasteiger partial charge in [-0.1, -0.05) is 19.1 Å². The van der Waals surface area contributed by atoms with E-state index in [1.807, 2.05) is 35.2 Å². The van der Waals surface area contributed by atoms with Crippen LogP contribution in [0, 0.1) is 0 Å². The highest BCUT2D eigenvalue weighted by Gasteiger charge is 2.21. The Kier molecular flexibility index (Phi) is 6.00. The monoisotopic (exact) mass is 354 g/mol. The van der Waals surface area contributed by atoms with Crippen molar-refractivity contribution in [3.63, 3.8) is 0 Å². The van der Waals surface area contributed by atoms with Crippen LogP contribution in [0.15, 0.2) is 48.5 Å². The van der Waals surface area contributed by atoms with Crippen LogP contribution in [-0.4, -0.2) is 50.7 Å². The second kappa shape index (κ2) is 8.61. The molecule has 3 rings (SSSR count). The van der Waals surface area contributed by atoms with Gasteiger partial charge < -0.3 is 19.3 Å². The molecule has 26 heavy (non-hydrogen) atoms. The van der Waals surface area contributed by atoms with Gasteiger partial charge in [0.2, 0.25) is 0 Å². The summed E-state index contributed by atoms with van der Waals surface area (Å²) < 4.78 is 10.9. The van der Waals surface area contributed by atoms with E-state index < -0.39 is 0 Å².